The highest BCUT2D eigenvalue weighted by atomic mass is 16.2. The number of amides is 4. The quantitative estimate of drug-likeness (QED) is 0.570. The van der Waals surface area contributed by atoms with Gasteiger partial charge < -0.3 is 20.9 Å². The molecule has 124 valence electrons. The van der Waals surface area contributed by atoms with Crippen molar-refractivity contribution in [3.63, 3.8) is 0 Å². The van der Waals surface area contributed by atoms with Crippen LogP contribution in [0.5, 0.6) is 0 Å². The summed E-state index contributed by atoms with van der Waals surface area (Å²) in [5.74, 6) is -0.249. The summed E-state index contributed by atoms with van der Waals surface area (Å²) >= 11 is 0. The molecular weight excluding hydrogens is 286 g/mol. The van der Waals surface area contributed by atoms with Crippen molar-refractivity contribution in [2.45, 2.75) is 32.4 Å². The summed E-state index contributed by atoms with van der Waals surface area (Å²) in [6.07, 6.45) is 0.149. The van der Waals surface area contributed by atoms with E-state index in [-0.39, 0.29) is 30.3 Å². The summed E-state index contributed by atoms with van der Waals surface area (Å²) in [6, 6.07) is -0.284. The van der Waals surface area contributed by atoms with Gasteiger partial charge in [-0.15, -0.1) is 0 Å². The summed E-state index contributed by atoms with van der Waals surface area (Å²) < 4.78 is 0. The molecule has 2 fully saturated rings. The second-order valence-electron chi connectivity index (χ2n) is 5.91. The molecule has 2 aliphatic heterocycles. The molecule has 4 amide bonds. The van der Waals surface area contributed by atoms with Crippen LogP contribution in [0.25, 0.3) is 0 Å². The number of nitrogens with one attached hydrogen (secondary N) is 3. The van der Waals surface area contributed by atoms with Crippen LogP contribution in [-0.2, 0) is 9.59 Å². The molecule has 0 spiro atoms. The van der Waals surface area contributed by atoms with E-state index in [0.717, 1.165) is 6.54 Å². The average molecular weight is 311 g/mol. The Labute approximate surface area is 130 Å². The van der Waals surface area contributed by atoms with Crippen LogP contribution < -0.4 is 16.0 Å². The Balaban J connectivity index is 1.77. The third-order valence-electron chi connectivity index (χ3n) is 4.06. The van der Waals surface area contributed by atoms with Gasteiger partial charge in [0.15, 0.2) is 0 Å². The van der Waals surface area contributed by atoms with Crippen LogP contribution >= 0.6 is 0 Å². The molecule has 0 unspecified atom stereocenters. The highest BCUT2D eigenvalue weighted by molar-refractivity contribution is 5.88. The van der Waals surface area contributed by atoms with Gasteiger partial charge in [-0.3, -0.25) is 14.5 Å². The normalized spacial score (nSPS) is 22.7. The number of piperazine rings is 1. The van der Waals surface area contributed by atoms with E-state index in [0.29, 0.717) is 32.7 Å². The molecule has 2 rings (SSSR count). The molecule has 2 heterocycles. The minimum Gasteiger partial charge on any atom is -0.354 e. The Morgan fingerprint density at radius 1 is 1.27 bits per heavy atom. The molecule has 0 aliphatic carbocycles. The molecule has 22 heavy (non-hydrogen) atoms. The molecule has 8 nitrogen and oxygen atoms in total. The van der Waals surface area contributed by atoms with E-state index in [1.807, 2.05) is 18.7 Å². The largest absolute Gasteiger partial charge is 0.354 e. The summed E-state index contributed by atoms with van der Waals surface area (Å²) in [5, 5.41) is 8.31. The van der Waals surface area contributed by atoms with Crippen LogP contribution in [0.15, 0.2) is 0 Å². The zero-order valence-corrected chi connectivity index (χ0v) is 13.2. The van der Waals surface area contributed by atoms with Gasteiger partial charge in [0.25, 0.3) is 0 Å². The van der Waals surface area contributed by atoms with E-state index >= 15 is 0 Å². The number of rotatable bonds is 6. The van der Waals surface area contributed by atoms with Crippen molar-refractivity contribution in [3.05, 3.63) is 0 Å². The first-order chi connectivity index (χ1) is 10.5. The molecule has 2 aliphatic rings. The second-order valence-corrected chi connectivity index (χ2v) is 5.91. The summed E-state index contributed by atoms with van der Waals surface area (Å²) in [4.78, 5) is 39.1. The number of carbonyl (C=O) groups is 3. The minimum atomic E-state index is -0.413. The molecule has 0 aromatic rings. The SMILES string of the molecule is CC(C)N1CCNC(=O)[C@H]1CC(=O)NCCN1CCNC1=O. The standard InChI is InChI=1S/C14H25N5O3/c1-10(2)19-8-5-16-13(21)11(19)9-12(20)15-3-6-18-7-4-17-14(18)22/h10-11H,3-9H2,1-2H3,(H,15,20)(H,16,21)(H,17,22)/t11-/m1/s1. The average Bonchev–Trinajstić information content (AvgIpc) is 2.86. The first kappa shape index (κ1) is 16.5. The van der Waals surface area contributed by atoms with Gasteiger partial charge >= 0.3 is 6.03 Å². The number of carbonyl (C=O) groups excluding carboxylic acids is 3. The van der Waals surface area contributed by atoms with Gasteiger partial charge in [-0.2, -0.15) is 0 Å². The molecule has 0 aromatic carbocycles. The lowest BCUT2D eigenvalue weighted by molar-refractivity contribution is -0.134. The van der Waals surface area contributed by atoms with E-state index in [9.17, 15) is 14.4 Å². The summed E-state index contributed by atoms with van der Waals surface area (Å²) in [5.41, 5.74) is 0. The number of hydrogen-bond acceptors (Lipinski definition) is 4. The third-order valence-corrected chi connectivity index (χ3v) is 4.06. The van der Waals surface area contributed by atoms with Gasteiger partial charge in [-0.25, -0.2) is 4.79 Å². The van der Waals surface area contributed by atoms with Gasteiger partial charge in [0, 0.05) is 45.3 Å². The zero-order valence-electron chi connectivity index (χ0n) is 13.2. The fourth-order valence-electron chi connectivity index (χ4n) is 2.86. The smallest absolute Gasteiger partial charge is 0.317 e. The van der Waals surface area contributed by atoms with Crippen LogP contribution in [0, 0.1) is 0 Å². The van der Waals surface area contributed by atoms with Crippen LogP contribution in [0.2, 0.25) is 0 Å². The van der Waals surface area contributed by atoms with Gasteiger partial charge in [0.1, 0.15) is 0 Å². The lowest BCUT2D eigenvalue weighted by Gasteiger charge is -2.37. The van der Waals surface area contributed by atoms with E-state index in [1.54, 1.807) is 4.90 Å². The fourth-order valence-corrected chi connectivity index (χ4v) is 2.86. The topological polar surface area (TPSA) is 93.8 Å². The van der Waals surface area contributed by atoms with E-state index in [2.05, 4.69) is 16.0 Å². The van der Waals surface area contributed by atoms with Crippen LogP contribution in [0.1, 0.15) is 20.3 Å². The van der Waals surface area contributed by atoms with Gasteiger partial charge in [-0.1, -0.05) is 0 Å². The Morgan fingerprint density at radius 3 is 2.64 bits per heavy atom. The molecule has 0 radical (unpaired) electrons. The molecular formula is C14H25N5O3. The maximum atomic E-state index is 12.0. The van der Waals surface area contributed by atoms with Gasteiger partial charge in [0.05, 0.1) is 12.5 Å². The number of nitrogens with zero attached hydrogens (tertiary/aromatic N) is 2. The maximum Gasteiger partial charge on any atom is 0.317 e. The zero-order chi connectivity index (χ0) is 16.1. The van der Waals surface area contributed by atoms with Crippen LogP contribution in [0.3, 0.4) is 0 Å². The number of urea groups is 1. The van der Waals surface area contributed by atoms with Crippen molar-refractivity contribution in [1.82, 2.24) is 25.8 Å². The van der Waals surface area contributed by atoms with Crippen molar-refractivity contribution >= 4 is 17.8 Å². The predicted octanol–water partition coefficient (Wildman–Crippen LogP) is -1.27. The van der Waals surface area contributed by atoms with Crippen molar-refractivity contribution in [2.75, 3.05) is 39.3 Å². The van der Waals surface area contributed by atoms with Crippen LogP contribution in [0.4, 0.5) is 4.79 Å². The lowest BCUT2D eigenvalue weighted by Crippen LogP contribution is -2.58. The van der Waals surface area contributed by atoms with Crippen LogP contribution in [-0.4, -0.2) is 79.0 Å². The highest BCUT2D eigenvalue weighted by Gasteiger charge is 2.32. The van der Waals surface area contributed by atoms with E-state index < -0.39 is 6.04 Å². The molecule has 0 aromatic heterocycles. The van der Waals surface area contributed by atoms with Crippen molar-refractivity contribution in [2.24, 2.45) is 0 Å². The second kappa shape index (κ2) is 7.44. The monoisotopic (exact) mass is 311 g/mol. The highest BCUT2D eigenvalue weighted by Crippen LogP contribution is 2.12. The Morgan fingerprint density at radius 2 is 2.00 bits per heavy atom. The first-order valence-corrected chi connectivity index (χ1v) is 7.82. The lowest BCUT2D eigenvalue weighted by atomic mass is 10.1. The van der Waals surface area contributed by atoms with Crippen molar-refractivity contribution < 1.29 is 14.4 Å². The molecule has 2 saturated heterocycles. The molecule has 3 N–H and O–H groups in total. The fraction of sp³-hybridized carbons (Fsp3) is 0.786. The first-order valence-electron chi connectivity index (χ1n) is 7.82. The third kappa shape index (κ3) is 4.09. The van der Waals surface area contributed by atoms with Gasteiger partial charge in [-0.05, 0) is 13.8 Å². The Hall–Kier alpha value is -1.83. The molecule has 0 saturated carbocycles. The predicted molar refractivity (Wildman–Crippen MR) is 81.2 cm³/mol. The minimum absolute atomic E-state index is 0.0889. The summed E-state index contributed by atoms with van der Waals surface area (Å²) in [7, 11) is 0. The van der Waals surface area contributed by atoms with Crippen molar-refractivity contribution in [3.8, 4) is 0 Å². The maximum absolute atomic E-state index is 12.0. The Kier molecular flexibility index (Phi) is 5.59. The van der Waals surface area contributed by atoms with Gasteiger partial charge in [0.2, 0.25) is 11.8 Å². The summed E-state index contributed by atoms with van der Waals surface area (Å²) in [6.45, 7) is 7.64. The number of hydrogen-bond donors (Lipinski definition) is 3. The van der Waals surface area contributed by atoms with E-state index in [1.165, 1.54) is 0 Å². The van der Waals surface area contributed by atoms with Crippen molar-refractivity contribution in [1.29, 1.82) is 0 Å². The van der Waals surface area contributed by atoms with E-state index in [4.69, 9.17) is 0 Å². The molecule has 1 atom stereocenters. The molecule has 8 heteroatoms. The molecule has 0 bridgehead atoms. The Bertz CT molecular complexity index is 440.